The molecule has 2 aromatic carbocycles. The van der Waals surface area contributed by atoms with Crippen LogP contribution in [0.25, 0.3) is 0 Å². The number of rotatable bonds is 3. The Morgan fingerprint density at radius 3 is 2.08 bits per heavy atom. The molecule has 25 heavy (non-hydrogen) atoms. The number of benzene rings is 2. The summed E-state index contributed by atoms with van der Waals surface area (Å²) in [7, 11) is -0.765. The minimum Gasteiger partial charge on any atom is -0.452 e. The van der Waals surface area contributed by atoms with Crippen LogP contribution in [0.5, 0.6) is 11.5 Å². The van der Waals surface area contributed by atoms with Gasteiger partial charge in [-0.05, 0) is 58.0 Å². The van der Waals surface area contributed by atoms with Crippen LogP contribution >= 0.6 is 0 Å². The van der Waals surface area contributed by atoms with E-state index in [1.165, 1.54) is 6.07 Å². The zero-order chi connectivity index (χ0) is 18.4. The van der Waals surface area contributed by atoms with Crippen molar-refractivity contribution in [1.29, 1.82) is 0 Å². The van der Waals surface area contributed by atoms with Crippen molar-refractivity contribution in [3.63, 3.8) is 0 Å². The fourth-order valence-corrected chi connectivity index (χ4v) is 2.50. The van der Waals surface area contributed by atoms with Crippen LogP contribution in [-0.4, -0.2) is 18.3 Å². The summed E-state index contributed by atoms with van der Waals surface area (Å²) < 4.78 is 45.3. The van der Waals surface area contributed by atoms with E-state index in [0.29, 0.717) is 11.2 Å². The normalized spacial score (nSPS) is 18.4. The number of halogens is 2. The van der Waals surface area contributed by atoms with Crippen molar-refractivity contribution < 1.29 is 22.8 Å². The predicted octanol–water partition coefficient (Wildman–Crippen LogP) is 3.64. The fraction of sp³-hybridized carbons (Fsp3) is 0.333. The van der Waals surface area contributed by atoms with Crippen LogP contribution in [0, 0.1) is 11.6 Å². The maximum Gasteiger partial charge on any atom is 0.498 e. The van der Waals surface area contributed by atoms with Crippen LogP contribution in [0.1, 0.15) is 27.7 Å². The molecule has 0 atom stereocenters. The molecule has 2 aromatic rings. The van der Waals surface area contributed by atoms with E-state index in [1.807, 2.05) is 27.7 Å². The van der Waals surface area contributed by atoms with Crippen molar-refractivity contribution in [3.8, 4) is 11.5 Å². The Bertz CT molecular complexity index is 775. The molecule has 0 aromatic heterocycles. The Morgan fingerprint density at radius 2 is 1.52 bits per heavy atom. The second-order valence-electron chi connectivity index (χ2n) is 7.04. The maximum atomic E-state index is 13.9. The Kier molecular flexibility index (Phi) is 4.25. The molecule has 0 aliphatic carbocycles. The first-order valence-electron chi connectivity index (χ1n) is 7.98. The Hall–Kier alpha value is -2.12. The molecule has 3 rings (SSSR count). The van der Waals surface area contributed by atoms with Gasteiger partial charge < -0.3 is 19.8 Å². The third-order valence-electron chi connectivity index (χ3n) is 4.67. The monoisotopic (exact) mass is 347 g/mol. The summed E-state index contributed by atoms with van der Waals surface area (Å²) in [5, 5.41) is 0. The average Bonchev–Trinajstić information content (AvgIpc) is 2.72. The molecule has 0 unspecified atom stereocenters. The lowest BCUT2D eigenvalue weighted by Crippen LogP contribution is -2.41. The molecule has 1 aliphatic heterocycles. The van der Waals surface area contributed by atoms with Crippen molar-refractivity contribution in [2.24, 2.45) is 0 Å². The van der Waals surface area contributed by atoms with Crippen LogP contribution in [0.4, 0.5) is 14.5 Å². The van der Waals surface area contributed by atoms with E-state index in [-0.39, 0.29) is 5.75 Å². The summed E-state index contributed by atoms with van der Waals surface area (Å²) in [6.45, 7) is 7.65. The molecule has 7 heteroatoms. The molecule has 0 bridgehead atoms. The quantitative estimate of drug-likeness (QED) is 0.680. The number of nitrogen functional groups attached to an aromatic ring is 1. The summed E-state index contributed by atoms with van der Waals surface area (Å²) in [6, 6.07) is 8.28. The molecule has 2 N–H and O–H groups in total. The lowest BCUT2D eigenvalue weighted by atomic mass is 9.78. The van der Waals surface area contributed by atoms with Gasteiger partial charge in [-0.2, -0.15) is 0 Å². The lowest BCUT2D eigenvalue weighted by Gasteiger charge is -2.32. The minimum atomic E-state index is -0.795. The molecule has 0 amide bonds. The van der Waals surface area contributed by atoms with Gasteiger partial charge in [0.05, 0.1) is 11.2 Å². The number of ether oxygens (including phenoxy) is 1. The standard InChI is InChI=1S/C18H20BF2NO3/c1-17(2)18(3,4)25-19(24-17)12-10-11(22)8-9-15(12)23-16-13(20)6-5-7-14(16)21/h5-10H,22H2,1-4H3. The minimum absolute atomic E-state index is 0.219. The van der Waals surface area contributed by atoms with Gasteiger partial charge in [0.15, 0.2) is 17.4 Å². The third-order valence-corrected chi connectivity index (χ3v) is 4.67. The Labute approximate surface area is 146 Å². The van der Waals surface area contributed by atoms with Gasteiger partial charge in [0.1, 0.15) is 5.75 Å². The number of para-hydroxylation sites is 1. The second kappa shape index (κ2) is 6.00. The van der Waals surface area contributed by atoms with Crippen LogP contribution in [0.3, 0.4) is 0 Å². The zero-order valence-corrected chi connectivity index (χ0v) is 14.6. The van der Waals surface area contributed by atoms with E-state index < -0.39 is 35.7 Å². The molecular weight excluding hydrogens is 327 g/mol. The van der Waals surface area contributed by atoms with E-state index in [1.54, 1.807) is 18.2 Å². The van der Waals surface area contributed by atoms with Crippen LogP contribution < -0.4 is 15.9 Å². The highest BCUT2D eigenvalue weighted by Crippen LogP contribution is 2.38. The smallest absolute Gasteiger partial charge is 0.452 e. The first-order chi connectivity index (χ1) is 11.6. The molecule has 0 saturated carbocycles. The van der Waals surface area contributed by atoms with Crippen molar-refractivity contribution >= 4 is 18.3 Å². The number of anilines is 1. The van der Waals surface area contributed by atoms with Gasteiger partial charge in [-0.15, -0.1) is 0 Å². The van der Waals surface area contributed by atoms with Crippen molar-refractivity contribution in [1.82, 2.24) is 0 Å². The third kappa shape index (κ3) is 3.21. The highest BCUT2D eigenvalue weighted by Gasteiger charge is 2.52. The SMILES string of the molecule is CC1(C)OB(c2cc(N)ccc2Oc2c(F)cccc2F)OC1(C)C. The predicted molar refractivity (Wildman–Crippen MR) is 93.0 cm³/mol. The van der Waals surface area contributed by atoms with Gasteiger partial charge in [0.2, 0.25) is 0 Å². The number of hydrogen-bond donors (Lipinski definition) is 1. The summed E-state index contributed by atoms with van der Waals surface area (Å²) >= 11 is 0. The van der Waals surface area contributed by atoms with Gasteiger partial charge in [-0.1, -0.05) is 6.07 Å². The molecule has 132 valence electrons. The van der Waals surface area contributed by atoms with E-state index in [9.17, 15) is 8.78 Å². The van der Waals surface area contributed by atoms with E-state index in [0.717, 1.165) is 12.1 Å². The zero-order valence-electron chi connectivity index (χ0n) is 14.6. The maximum absolute atomic E-state index is 13.9. The first-order valence-corrected chi connectivity index (χ1v) is 7.98. The van der Waals surface area contributed by atoms with Gasteiger partial charge in [-0.25, -0.2) is 8.78 Å². The van der Waals surface area contributed by atoms with Gasteiger partial charge >= 0.3 is 7.12 Å². The first kappa shape index (κ1) is 17.7. The Balaban J connectivity index is 2.00. The Morgan fingerprint density at radius 1 is 0.960 bits per heavy atom. The van der Waals surface area contributed by atoms with E-state index >= 15 is 0 Å². The summed E-state index contributed by atoms with van der Waals surface area (Å²) in [5.74, 6) is -1.85. The van der Waals surface area contributed by atoms with E-state index in [2.05, 4.69) is 0 Å². The van der Waals surface area contributed by atoms with E-state index in [4.69, 9.17) is 19.8 Å². The average molecular weight is 347 g/mol. The lowest BCUT2D eigenvalue weighted by molar-refractivity contribution is 0.00578. The van der Waals surface area contributed by atoms with Gasteiger partial charge in [0.25, 0.3) is 0 Å². The molecule has 1 fully saturated rings. The molecule has 1 heterocycles. The fourth-order valence-electron chi connectivity index (χ4n) is 2.50. The van der Waals surface area contributed by atoms with Crippen molar-refractivity contribution in [2.75, 3.05) is 5.73 Å². The molecule has 1 saturated heterocycles. The highest BCUT2D eigenvalue weighted by atomic mass is 19.1. The highest BCUT2D eigenvalue weighted by molar-refractivity contribution is 6.63. The summed E-state index contributed by atoms with van der Waals surface area (Å²) in [4.78, 5) is 0. The summed E-state index contributed by atoms with van der Waals surface area (Å²) in [6.07, 6.45) is 0. The van der Waals surface area contributed by atoms with Crippen molar-refractivity contribution in [3.05, 3.63) is 48.0 Å². The van der Waals surface area contributed by atoms with Gasteiger partial charge in [-0.3, -0.25) is 0 Å². The second-order valence-corrected chi connectivity index (χ2v) is 7.04. The number of nitrogens with two attached hydrogens (primary N) is 1. The molecular formula is C18H20BF2NO3. The summed E-state index contributed by atoms with van der Waals surface area (Å²) in [5.41, 5.74) is 5.67. The van der Waals surface area contributed by atoms with Crippen LogP contribution in [0.15, 0.2) is 36.4 Å². The van der Waals surface area contributed by atoms with Crippen LogP contribution in [-0.2, 0) is 9.31 Å². The van der Waals surface area contributed by atoms with Crippen molar-refractivity contribution in [2.45, 2.75) is 38.9 Å². The van der Waals surface area contributed by atoms with Gasteiger partial charge in [0, 0.05) is 11.2 Å². The number of hydrogen-bond acceptors (Lipinski definition) is 4. The largest absolute Gasteiger partial charge is 0.498 e. The topological polar surface area (TPSA) is 53.7 Å². The molecule has 0 radical (unpaired) electrons. The molecule has 0 spiro atoms. The molecule has 4 nitrogen and oxygen atoms in total. The molecule has 1 aliphatic rings. The van der Waals surface area contributed by atoms with Crippen LogP contribution in [0.2, 0.25) is 0 Å².